The first-order valence-electron chi connectivity index (χ1n) is 9.48. The molecule has 1 saturated heterocycles. The van der Waals surface area contributed by atoms with Crippen LogP contribution in [-0.2, 0) is 0 Å². The molecule has 0 saturated carbocycles. The smallest absolute Gasteiger partial charge is 0.256 e. The molecule has 0 atom stereocenters. The summed E-state index contributed by atoms with van der Waals surface area (Å²) in [6, 6.07) is 6.39. The van der Waals surface area contributed by atoms with Crippen LogP contribution in [-0.4, -0.2) is 33.9 Å². The maximum Gasteiger partial charge on any atom is 0.256 e. The summed E-state index contributed by atoms with van der Waals surface area (Å²) in [7, 11) is 0. The first-order chi connectivity index (χ1) is 12.5. The van der Waals surface area contributed by atoms with Crippen LogP contribution in [0.2, 0.25) is 0 Å². The lowest BCUT2D eigenvalue weighted by Crippen LogP contribution is -2.27. The van der Waals surface area contributed by atoms with E-state index in [1.54, 1.807) is 12.4 Å². The Morgan fingerprint density at radius 1 is 1.00 bits per heavy atom. The Morgan fingerprint density at radius 3 is 2.04 bits per heavy atom. The van der Waals surface area contributed by atoms with Crippen LogP contribution in [0.15, 0.2) is 30.6 Å². The number of aromatic nitrogens is 2. The third-order valence-electron chi connectivity index (χ3n) is 4.90. The Kier molecular flexibility index (Phi) is 5.55. The third kappa shape index (κ3) is 3.87. The highest BCUT2D eigenvalue weighted by atomic mass is 16.2. The third-order valence-corrected chi connectivity index (χ3v) is 4.90. The molecule has 0 unspecified atom stereocenters. The number of carbonyl (C=O) groups is 1. The van der Waals surface area contributed by atoms with Crippen molar-refractivity contribution in [2.75, 3.05) is 18.4 Å². The second kappa shape index (κ2) is 7.85. The van der Waals surface area contributed by atoms with Crippen LogP contribution in [0.5, 0.6) is 0 Å². The summed E-state index contributed by atoms with van der Waals surface area (Å²) < 4.78 is 0. The minimum absolute atomic E-state index is 0.0273. The van der Waals surface area contributed by atoms with Gasteiger partial charge >= 0.3 is 0 Å². The van der Waals surface area contributed by atoms with Crippen LogP contribution in [0, 0.1) is 0 Å². The monoisotopic (exact) mass is 352 g/mol. The van der Waals surface area contributed by atoms with Crippen molar-refractivity contribution in [1.29, 1.82) is 0 Å². The Hall–Kier alpha value is -2.43. The highest BCUT2D eigenvalue weighted by Gasteiger charge is 2.20. The van der Waals surface area contributed by atoms with Gasteiger partial charge in [0.25, 0.3) is 5.91 Å². The van der Waals surface area contributed by atoms with Gasteiger partial charge in [-0.05, 0) is 35.8 Å². The molecule has 1 fully saturated rings. The number of nitrogens with zero attached hydrogens (tertiary/aromatic N) is 3. The van der Waals surface area contributed by atoms with E-state index in [2.05, 4.69) is 61.2 Å². The average Bonchev–Trinajstić information content (AvgIpc) is 3.16. The fourth-order valence-corrected chi connectivity index (χ4v) is 3.41. The minimum Gasteiger partial charge on any atom is -0.339 e. The van der Waals surface area contributed by atoms with Gasteiger partial charge in [-0.2, -0.15) is 0 Å². The number of hydrogen-bond acceptors (Lipinski definition) is 4. The van der Waals surface area contributed by atoms with Crippen LogP contribution in [0.4, 0.5) is 11.6 Å². The maximum atomic E-state index is 12.4. The van der Waals surface area contributed by atoms with Crippen molar-refractivity contribution in [2.24, 2.45) is 0 Å². The van der Waals surface area contributed by atoms with E-state index in [0.717, 1.165) is 31.6 Å². The molecule has 0 bridgehead atoms. The molecule has 1 aliphatic heterocycles. The molecule has 3 rings (SSSR count). The van der Waals surface area contributed by atoms with E-state index in [9.17, 15) is 4.79 Å². The summed E-state index contributed by atoms with van der Waals surface area (Å²) in [6.07, 6.45) is 5.42. The van der Waals surface area contributed by atoms with Crippen LogP contribution in [0.1, 0.15) is 73.9 Å². The number of amides is 1. The first kappa shape index (κ1) is 18.4. The number of hydrogen-bond donors (Lipinski definition) is 1. The van der Waals surface area contributed by atoms with E-state index in [1.807, 2.05) is 4.90 Å². The second-order valence-electron chi connectivity index (χ2n) is 7.54. The minimum atomic E-state index is 0.0273. The fourth-order valence-electron chi connectivity index (χ4n) is 3.41. The predicted octanol–water partition coefficient (Wildman–Crippen LogP) is 4.70. The van der Waals surface area contributed by atoms with Crippen molar-refractivity contribution in [1.82, 2.24) is 14.9 Å². The standard InChI is InChI=1S/C21H28N4O/c1-14(2)17-8-7-9-18(15(3)4)19(17)24-21-22-12-16(13-23-21)20(26)25-10-5-6-11-25/h7-9,12-15H,5-6,10-11H2,1-4H3,(H,22,23,24). The van der Waals surface area contributed by atoms with Crippen molar-refractivity contribution in [3.63, 3.8) is 0 Å². The van der Waals surface area contributed by atoms with Crippen molar-refractivity contribution in [2.45, 2.75) is 52.4 Å². The largest absolute Gasteiger partial charge is 0.339 e. The van der Waals surface area contributed by atoms with Crippen molar-refractivity contribution >= 4 is 17.5 Å². The highest BCUT2D eigenvalue weighted by Crippen LogP contribution is 2.33. The molecule has 1 amide bonds. The van der Waals surface area contributed by atoms with E-state index >= 15 is 0 Å². The van der Waals surface area contributed by atoms with Gasteiger partial charge in [-0.3, -0.25) is 4.79 Å². The van der Waals surface area contributed by atoms with E-state index in [1.165, 1.54) is 11.1 Å². The number of para-hydroxylation sites is 1. The summed E-state index contributed by atoms with van der Waals surface area (Å²) in [5.41, 5.74) is 4.13. The number of nitrogens with one attached hydrogen (secondary N) is 1. The predicted molar refractivity (Wildman–Crippen MR) is 105 cm³/mol. The molecule has 1 aliphatic rings. The summed E-state index contributed by atoms with van der Waals surface area (Å²) in [6.45, 7) is 10.4. The number of anilines is 2. The summed E-state index contributed by atoms with van der Waals surface area (Å²) in [5.74, 6) is 1.34. The molecule has 5 heteroatoms. The summed E-state index contributed by atoms with van der Waals surface area (Å²) in [4.78, 5) is 23.1. The lowest BCUT2D eigenvalue weighted by atomic mass is 9.93. The van der Waals surface area contributed by atoms with E-state index < -0.39 is 0 Å². The molecule has 2 heterocycles. The highest BCUT2D eigenvalue weighted by molar-refractivity contribution is 5.93. The zero-order valence-corrected chi connectivity index (χ0v) is 16.1. The van der Waals surface area contributed by atoms with Crippen LogP contribution < -0.4 is 5.32 Å². The van der Waals surface area contributed by atoms with Crippen molar-refractivity contribution < 1.29 is 4.79 Å². The quantitative estimate of drug-likeness (QED) is 0.847. The fraction of sp³-hybridized carbons (Fsp3) is 0.476. The molecule has 2 aromatic rings. The van der Waals surface area contributed by atoms with Crippen molar-refractivity contribution in [3.05, 3.63) is 47.3 Å². The van der Waals surface area contributed by atoms with Crippen LogP contribution in [0.25, 0.3) is 0 Å². The number of likely N-dealkylation sites (tertiary alicyclic amines) is 1. The Morgan fingerprint density at radius 2 is 1.54 bits per heavy atom. The summed E-state index contributed by atoms with van der Waals surface area (Å²) >= 11 is 0. The normalized spacial score (nSPS) is 14.3. The van der Waals surface area contributed by atoms with E-state index in [-0.39, 0.29) is 5.91 Å². The van der Waals surface area contributed by atoms with E-state index in [0.29, 0.717) is 23.3 Å². The molecule has 5 nitrogen and oxygen atoms in total. The summed E-state index contributed by atoms with van der Waals surface area (Å²) in [5, 5.41) is 3.39. The zero-order valence-electron chi connectivity index (χ0n) is 16.1. The Balaban J connectivity index is 1.84. The SMILES string of the molecule is CC(C)c1cccc(C(C)C)c1Nc1ncc(C(=O)N2CCCC2)cn1. The van der Waals surface area contributed by atoms with Gasteiger partial charge in [0.05, 0.1) is 5.56 Å². The molecular weight excluding hydrogens is 324 g/mol. The van der Waals surface area contributed by atoms with Gasteiger partial charge in [-0.1, -0.05) is 45.9 Å². The molecule has 0 radical (unpaired) electrons. The lowest BCUT2D eigenvalue weighted by Gasteiger charge is -2.20. The van der Waals surface area contributed by atoms with Gasteiger partial charge in [0.2, 0.25) is 5.95 Å². The lowest BCUT2D eigenvalue weighted by molar-refractivity contribution is 0.0792. The molecule has 138 valence electrons. The van der Waals surface area contributed by atoms with Gasteiger partial charge in [0.1, 0.15) is 0 Å². The van der Waals surface area contributed by atoms with Gasteiger partial charge < -0.3 is 10.2 Å². The maximum absolute atomic E-state index is 12.4. The molecule has 26 heavy (non-hydrogen) atoms. The second-order valence-corrected chi connectivity index (χ2v) is 7.54. The molecule has 0 aliphatic carbocycles. The van der Waals surface area contributed by atoms with Crippen LogP contribution in [0.3, 0.4) is 0 Å². The van der Waals surface area contributed by atoms with Gasteiger partial charge in [0.15, 0.2) is 0 Å². The molecule has 0 spiro atoms. The molecule has 1 aromatic carbocycles. The molecular formula is C21H28N4O. The van der Waals surface area contributed by atoms with E-state index in [4.69, 9.17) is 0 Å². The molecule has 1 N–H and O–H groups in total. The van der Waals surface area contributed by atoms with Crippen molar-refractivity contribution in [3.8, 4) is 0 Å². The number of rotatable bonds is 5. The zero-order chi connectivity index (χ0) is 18.7. The molecule has 1 aromatic heterocycles. The van der Waals surface area contributed by atoms with Crippen LogP contribution >= 0.6 is 0 Å². The Bertz CT molecular complexity index is 736. The van der Waals surface area contributed by atoms with Gasteiger partial charge in [-0.15, -0.1) is 0 Å². The number of benzene rings is 1. The van der Waals surface area contributed by atoms with Gasteiger partial charge in [0, 0.05) is 31.2 Å². The Labute approximate surface area is 155 Å². The van der Waals surface area contributed by atoms with Gasteiger partial charge in [-0.25, -0.2) is 9.97 Å². The number of carbonyl (C=O) groups excluding carboxylic acids is 1. The topological polar surface area (TPSA) is 58.1 Å². The first-order valence-corrected chi connectivity index (χ1v) is 9.48. The average molecular weight is 352 g/mol.